The number of rotatable bonds is 10. The van der Waals surface area contributed by atoms with Crippen LogP contribution in [0.5, 0.6) is 5.75 Å². The summed E-state index contributed by atoms with van der Waals surface area (Å²) in [5.41, 5.74) is 2.71. The van der Waals surface area contributed by atoms with Crippen LogP contribution in [0.15, 0.2) is 48.1 Å². The minimum Gasteiger partial charge on any atom is -0.494 e. The van der Waals surface area contributed by atoms with E-state index in [0.717, 1.165) is 38.4 Å². The first-order chi connectivity index (χ1) is 13.3. The molecule has 3 heteroatoms. The van der Waals surface area contributed by atoms with Crippen molar-refractivity contribution in [1.82, 2.24) is 10.2 Å². The third kappa shape index (κ3) is 11.0. The Hall–Kier alpha value is -1.58. The molecule has 1 N–H and O–H groups in total. The van der Waals surface area contributed by atoms with Crippen LogP contribution >= 0.6 is 0 Å². The maximum atomic E-state index is 5.92. The van der Waals surface area contributed by atoms with Crippen LogP contribution in [0.3, 0.4) is 0 Å². The number of allylic oxidation sites excluding steroid dienone is 3. The van der Waals surface area contributed by atoms with Gasteiger partial charge in [-0.15, -0.1) is 0 Å². The topological polar surface area (TPSA) is 24.5 Å². The molecule has 0 spiro atoms. The van der Waals surface area contributed by atoms with Gasteiger partial charge in [-0.05, 0) is 70.4 Å². The van der Waals surface area contributed by atoms with E-state index in [1.54, 1.807) is 0 Å². The van der Waals surface area contributed by atoms with Crippen molar-refractivity contribution in [3.8, 4) is 5.75 Å². The predicted octanol–water partition coefficient (Wildman–Crippen LogP) is 5.58. The fraction of sp³-hybridized carbons (Fsp3) is 0.583. The Morgan fingerprint density at radius 1 is 1.19 bits per heavy atom. The van der Waals surface area contributed by atoms with Gasteiger partial charge in [0, 0.05) is 13.1 Å². The molecular formula is C24H40N2O. The summed E-state index contributed by atoms with van der Waals surface area (Å²) in [6, 6.07) is 8.59. The Labute approximate surface area is 167 Å². The van der Waals surface area contributed by atoms with E-state index in [2.05, 4.69) is 59.6 Å². The molecule has 0 aliphatic carbocycles. The van der Waals surface area contributed by atoms with Gasteiger partial charge in [0.1, 0.15) is 5.75 Å². The molecule has 1 aliphatic rings. The van der Waals surface area contributed by atoms with Gasteiger partial charge >= 0.3 is 0 Å². The zero-order valence-corrected chi connectivity index (χ0v) is 18.0. The highest BCUT2D eigenvalue weighted by Crippen LogP contribution is 2.17. The van der Waals surface area contributed by atoms with Crippen molar-refractivity contribution in [2.75, 3.05) is 32.8 Å². The maximum Gasteiger partial charge on any atom is 0.119 e. The smallest absolute Gasteiger partial charge is 0.119 e. The van der Waals surface area contributed by atoms with Crippen molar-refractivity contribution < 1.29 is 4.74 Å². The zero-order valence-electron chi connectivity index (χ0n) is 18.0. The van der Waals surface area contributed by atoms with Crippen LogP contribution < -0.4 is 10.1 Å². The van der Waals surface area contributed by atoms with Gasteiger partial charge in [-0.1, -0.05) is 56.2 Å². The fourth-order valence-electron chi connectivity index (χ4n) is 3.10. The first kappa shape index (κ1) is 23.5. The number of hydrogen-bond donors (Lipinski definition) is 1. The molecule has 1 heterocycles. The molecule has 3 nitrogen and oxygen atoms in total. The van der Waals surface area contributed by atoms with Crippen molar-refractivity contribution in [3.05, 3.63) is 53.6 Å². The van der Waals surface area contributed by atoms with Crippen molar-refractivity contribution in [1.29, 1.82) is 0 Å². The second-order valence-electron chi connectivity index (χ2n) is 6.90. The van der Waals surface area contributed by atoms with E-state index < -0.39 is 0 Å². The lowest BCUT2D eigenvalue weighted by molar-refractivity contribution is 0.220. The second kappa shape index (κ2) is 15.5. The summed E-state index contributed by atoms with van der Waals surface area (Å²) < 4.78 is 5.92. The summed E-state index contributed by atoms with van der Waals surface area (Å²) in [5.74, 6) is 0.999. The van der Waals surface area contributed by atoms with Gasteiger partial charge in [-0.25, -0.2) is 0 Å². The predicted molar refractivity (Wildman–Crippen MR) is 118 cm³/mol. The lowest BCUT2D eigenvalue weighted by atomic mass is 10.1. The van der Waals surface area contributed by atoms with Crippen LogP contribution in [-0.4, -0.2) is 37.7 Å². The van der Waals surface area contributed by atoms with Crippen molar-refractivity contribution in [2.24, 2.45) is 0 Å². The average Bonchev–Trinajstić information content (AvgIpc) is 2.71. The Morgan fingerprint density at radius 2 is 1.96 bits per heavy atom. The molecule has 1 aromatic rings. The van der Waals surface area contributed by atoms with E-state index in [4.69, 9.17) is 4.74 Å². The normalized spacial score (nSPS) is 15.5. The molecule has 0 saturated carbocycles. The monoisotopic (exact) mass is 372 g/mol. The van der Waals surface area contributed by atoms with E-state index in [1.165, 1.54) is 43.5 Å². The minimum absolute atomic E-state index is 0.762. The molecular weight excluding hydrogens is 332 g/mol. The Morgan fingerprint density at radius 3 is 2.70 bits per heavy atom. The molecule has 0 radical (unpaired) electrons. The molecule has 2 rings (SSSR count). The van der Waals surface area contributed by atoms with Gasteiger partial charge in [-0.2, -0.15) is 0 Å². The Balaban J connectivity index is 0.00000176. The number of benzene rings is 1. The first-order valence-corrected chi connectivity index (χ1v) is 10.7. The SMILES string of the molecule is C/C=C\C=C(/C)CNCCCOc1cccc(CN2CCCCC2)c1.CC. The maximum absolute atomic E-state index is 5.92. The van der Waals surface area contributed by atoms with Crippen LogP contribution in [0.1, 0.15) is 58.9 Å². The van der Waals surface area contributed by atoms with Crippen molar-refractivity contribution in [2.45, 2.75) is 59.9 Å². The van der Waals surface area contributed by atoms with Gasteiger partial charge in [0.05, 0.1) is 6.61 Å². The fourth-order valence-corrected chi connectivity index (χ4v) is 3.10. The molecule has 1 aromatic carbocycles. The van der Waals surface area contributed by atoms with Crippen LogP contribution in [0.4, 0.5) is 0 Å². The molecule has 0 aromatic heterocycles. The summed E-state index contributed by atoms with van der Waals surface area (Å²) in [4.78, 5) is 2.55. The second-order valence-corrected chi connectivity index (χ2v) is 6.90. The van der Waals surface area contributed by atoms with E-state index in [1.807, 2.05) is 20.8 Å². The van der Waals surface area contributed by atoms with E-state index in [9.17, 15) is 0 Å². The highest BCUT2D eigenvalue weighted by Gasteiger charge is 2.10. The summed E-state index contributed by atoms with van der Waals surface area (Å²) in [6.07, 6.45) is 11.4. The quantitative estimate of drug-likeness (QED) is 0.428. The lowest BCUT2D eigenvalue weighted by Crippen LogP contribution is -2.29. The van der Waals surface area contributed by atoms with Crippen molar-refractivity contribution in [3.63, 3.8) is 0 Å². The van der Waals surface area contributed by atoms with Gasteiger partial charge < -0.3 is 10.1 Å². The van der Waals surface area contributed by atoms with Gasteiger partial charge in [-0.3, -0.25) is 4.90 Å². The third-order valence-electron chi connectivity index (χ3n) is 4.50. The van der Waals surface area contributed by atoms with Crippen LogP contribution in [0, 0.1) is 0 Å². The Bertz CT molecular complexity index is 545. The number of nitrogens with zero attached hydrogens (tertiary/aromatic N) is 1. The van der Waals surface area contributed by atoms with E-state index in [-0.39, 0.29) is 0 Å². The molecule has 1 saturated heterocycles. The van der Waals surface area contributed by atoms with Gasteiger partial charge in [0.25, 0.3) is 0 Å². The summed E-state index contributed by atoms with van der Waals surface area (Å²) in [7, 11) is 0. The molecule has 27 heavy (non-hydrogen) atoms. The number of piperidine rings is 1. The lowest BCUT2D eigenvalue weighted by Gasteiger charge is -2.26. The highest BCUT2D eigenvalue weighted by molar-refractivity contribution is 5.28. The summed E-state index contributed by atoms with van der Waals surface area (Å²) in [6.45, 7) is 14.4. The average molecular weight is 373 g/mol. The molecule has 0 unspecified atom stereocenters. The molecule has 0 bridgehead atoms. The highest BCUT2D eigenvalue weighted by atomic mass is 16.5. The summed E-state index contributed by atoms with van der Waals surface area (Å²) in [5, 5.41) is 3.46. The van der Waals surface area contributed by atoms with E-state index in [0.29, 0.717) is 0 Å². The van der Waals surface area contributed by atoms with E-state index >= 15 is 0 Å². The van der Waals surface area contributed by atoms with Gasteiger partial charge in [0.2, 0.25) is 0 Å². The number of likely N-dealkylation sites (tertiary alicyclic amines) is 1. The molecule has 1 aliphatic heterocycles. The standard InChI is InChI=1S/C22H34N2O.C2H6/c1-3-4-10-20(2)18-23-13-9-16-25-22-12-8-11-21(17-22)19-24-14-6-5-7-15-24;1-2/h3-4,8,10-12,17,23H,5-7,9,13-16,18-19H2,1-2H3;1-2H3/b4-3-,20-10+;. The minimum atomic E-state index is 0.762. The van der Waals surface area contributed by atoms with Gasteiger partial charge in [0.15, 0.2) is 0 Å². The Kier molecular flexibility index (Phi) is 13.4. The zero-order chi connectivity index (χ0) is 19.7. The molecule has 0 amide bonds. The number of hydrogen-bond acceptors (Lipinski definition) is 3. The number of nitrogens with one attached hydrogen (secondary N) is 1. The van der Waals surface area contributed by atoms with Crippen LogP contribution in [0.2, 0.25) is 0 Å². The molecule has 152 valence electrons. The summed E-state index contributed by atoms with van der Waals surface area (Å²) >= 11 is 0. The number of ether oxygens (including phenoxy) is 1. The molecule has 0 atom stereocenters. The van der Waals surface area contributed by atoms with Crippen LogP contribution in [0.25, 0.3) is 0 Å². The third-order valence-corrected chi connectivity index (χ3v) is 4.50. The largest absolute Gasteiger partial charge is 0.494 e. The van der Waals surface area contributed by atoms with Crippen LogP contribution in [-0.2, 0) is 6.54 Å². The molecule has 1 fully saturated rings. The van der Waals surface area contributed by atoms with Crippen molar-refractivity contribution >= 4 is 0 Å². The first-order valence-electron chi connectivity index (χ1n) is 10.7.